The molecule has 2 aromatic carbocycles. The average molecular weight is 333 g/mol. The second kappa shape index (κ2) is 6.30. The zero-order valence-corrected chi connectivity index (χ0v) is 13.1. The van der Waals surface area contributed by atoms with Crippen LogP contribution >= 0.6 is 11.6 Å². The minimum absolute atomic E-state index is 0.220. The molecule has 4 nitrogen and oxygen atoms in total. The molecule has 0 aliphatic carbocycles. The molecule has 3 aromatic rings. The van der Waals surface area contributed by atoms with E-state index in [0.29, 0.717) is 11.3 Å². The molecule has 23 heavy (non-hydrogen) atoms. The summed E-state index contributed by atoms with van der Waals surface area (Å²) in [6, 6.07) is 10.1. The lowest BCUT2D eigenvalue weighted by atomic mass is 10.1. The van der Waals surface area contributed by atoms with Crippen molar-refractivity contribution in [1.29, 1.82) is 0 Å². The normalized spacial score (nSPS) is 10.7. The molecule has 0 amide bonds. The molecule has 0 fully saturated rings. The Kier molecular flexibility index (Phi) is 4.21. The highest BCUT2D eigenvalue weighted by Crippen LogP contribution is 2.30. The molecule has 0 spiro atoms. The van der Waals surface area contributed by atoms with Crippen LogP contribution in [0.2, 0.25) is 5.02 Å². The molecule has 6 heteroatoms. The lowest BCUT2D eigenvalue weighted by Gasteiger charge is -2.12. The van der Waals surface area contributed by atoms with Crippen LogP contribution < -0.4 is 10.1 Å². The van der Waals surface area contributed by atoms with Crippen molar-refractivity contribution in [3.8, 4) is 11.5 Å². The van der Waals surface area contributed by atoms with Crippen LogP contribution in [0.3, 0.4) is 0 Å². The number of aromatic nitrogens is 1. The predicted molar refractivity (Wildman–Crippen MR) is 88.7 cm³/mol. The maximum atomic E-state index is 13.5. The quantitative estimate of drug-likeness (QED) is 0.745. The second-order valence-electron chi connectivity index (χ2n) is 5.00. The highest BCUT2D eigenvalue weighted by atomic mass is 35.5. The van der Waals surface area contributed by atoms with E-state index >= 15 is 0 Å². The molecule has 0 saturated heterocycles. The molecule has 118 valence electrons. The SMILES string of the molecule is COc1cc(NCc2cc(Cl)cc(F)c2O)cc2cccnc12. The van der Waals surface area contributed by atoms with Gasteiger partial charge in [-0.3, -0.25) is 4.98 Å². The van der Waals surface area contributed by atoms with Crippen molar-refractivity contribution in [3.05, 3.63) is 59.0 Å². The number of ether oxygens (including phenoxy) is 1. The first kappa shape index (κ1) is 15.4. The summed E-state index contributed by atoms with van der Waals surface area (Å²) in [5.41, 5.74) is 1.90. The number of nitrogens with zero attached hydrogens (tertiary/aromatic N) is 1. The largest absolute Gasteiger partial charge is 0.505 e. The summed E-state index contributed by atoms with van der Waals surface area (Å²) in [5.74, 6) is -0.516. The van der Waals surface area contributed by atoms with Crippen LogP contribution in [0.15, 0.2) is 42.6 Å². The van der Waals surface area contributed by atoms with E-state index in [1.807, 2.05) is 18.2 Å². The van der Waals surface area contributed by atoms with Crippen LogP contribution in [0.25, 0.3) is 10.9 Å². The third kappa shape index (κ3) is 3.14. The molecule has 0 radical (unpaired) electrons. The van der Waals surface area contributed by atoms with Gasteiger partial charge >= 0.3 is 0 Å². The number of hydrogen-bond donors (Lipinski definition) is 2. The van der Waals surface area contributed by atoms with Gasteiger partial charge in [-0.15, -0.1) is 0 Å². The molecule has 1 heterocycles. The van der Waals surface area contributed by atoms with E-state index in [1.54, 1.807) is 19.4 Å². The highest BCUT2D eigenvalue weighted by molar-refractivity contribution is 6.30. The van der Waals surface area contributed by atoms with Crippen LogP contribution in [0.1, 0.15) is 5.56 Å². The Morgan fingerprint density at radius 2 is 2.13 bits per heavy atom. The zero-order chi connectivity index (χ0) is 16.4. The molecule has 0 aliphatic heterocycles. The fourth-order valence-corrected chi connectivity index (χ4v) is 2.60. The third-order valence-corrected chi connectivity index (χ3v) is 3.70. The van der Waals surface area contributed by atoms with Gasteiger partial charge in [0.15, 0.2) is 11.6 Å². The number of methoxy groups -OCH3 is 1. The fourth-order valence-electron chi connectivity index (χ4n) is 2.37. The van der Waals surface area contributed by atoms with Crippen molar-refractivity contribution in [2.45, 2.75) is 6.54 Å². The van der Waals surface area contributed by atoms with Gasteiger partial charge in [0, 0.05) is 40.5 Å². The molecular formula is C17H14ClFN2O2. The maximum Gasteiger partial charge on any atom is 0.166 e. The topological polar surface area (TPSA) is 54.4 Å². The van der Waals surface area contributed by atoms with Gasteiger partial charge < -0.3 is 15.2 Å². The van der Waals surface area contributed by atoms with E-state index in [2.05, 4.69) is 10.3 Å². The molecule has 2 N–H and O–H groups in total. The number of hydrogen-bond acceptors (Lipinski definition) is 4. The Morgan fingerprint density at radius 3 is 2.91 bits per heavy atom. The summed E-state index contributed by atoms with van der Waals surface area (Å²) >= 11 is 5.82. The molecule has 0 atom stereocenters. The van der Waals surface area contributed by atoms with E-state index in [-0.39, 0.29) is 11.6 Å². The average Bonchev–Trinajstić information content (AvgIpc) is 2.56. The minimum atomic E-state index is -0.741. The summed E-state index contributed by atoms with van der Waals surface area (Å²) in [6.45, 7) is 0.220. The number of halogens is 2. The maximum absolute atomic E-state index is 13.5. The lowest BCUT2D eigenvalue weighted by molar-refractivity contribution is 0.419. The van der Waals surface area contributed by atoms with E-state index in [9.17, 15) is 9.50 Å². The van der Waals surface area contributed by atoms with E-state index in [4.69, 9.17) is 16.3 Å². The number of pyridine rings is 1. The number of benzene rings is 2. The lowest BCUT2D eigenvalue weighted by Crippen LogP contribution is -2.01. The Hall–Kier alpha value is -2.53. The summed E-state index contributed by atoms with van der Waals surface area (Å²) in [5, 5.41) is 14.0. The van der Waals surface area contributed by atoms with Crippen molar-refractivity contribution in [2.75, 3.05) is 12.4 Å². The molecule has 3 rings (SSSR count). The Labute approximate surface area is 137 Å². The number of fused-ring (bicyclic) bond motifs is 1. The highest BCUT2D eigenvalue weighted by Gasteiger charge is 2.10. The van der Waals surface area contributed by atoms with Crippen LogP contribution in [0.5, 0.6) is 11.5 Å². The van der Waals surface area contributed by atoms with Gasteiger partial charge in [0.05, 0.1) is 7.11 Å². The monoisotopic (exact) mass is 332 g/mol. The van der Waals surface area contributed by atoms with Gasteiger partial charge in [-0.1, -0.05) is 17.7 Å². The van der Waals surface area contributed by atoms with E-state index < -0.39 is 11.6 Å². The summed E-state index contributed by atoms with van der Waals surface area (Å²) in [6.07, 6.45) is 1.70. The summed E-state index contributed by atoms with van der Waals surface area (Å²) in [4.78, 5) is 4.29. The van der Waals surface area contributed by atoms with Gasteiger partial charge in [-0.2, -0.15) is 0 Å². The standard InChI is InChI=1S/C17H14ClFN2O2/c1-23-15-8-13(6-10-3-2-4-20-16(10)15)21-9-11-5-12(18)7-14(19)17(11)22/h2-8,21-22H,9H2,1H3. The first-order valence-corrected chi connectivity index (χ1v) is 7.30. The number of nitrogens with one attached hydrogen (secondary N) is 1. The van der Waals surface area contributed by atoms with Gasteiger partial charge in [0.25, 0.3) is 0 Å². The molecule has 0 saturated carbocycles. The first-order valence-electron chi connectivity index (χ1n) is 6.92. The number of anilines is 1. The second-order valence-corrected chi connectivity index (χ2v) is 5.44. The Bertz CT molecular complexity index is 871. The zero-order valence-electron chi connectivity index (χ0n) is 12.3. The van der Waals surface area contributed by atoms with Crippen LogP contribution in [-0.4, -0.2) is 17.2 Å². The number of phenols is 1. The third-order valence-electron chi connectivity index (χ3n) is 3.48. The van der Waals surface area contributed by atoms with E-state index in [1.165, 1.54) is 6.07 Å². The smallest absolute Gasteiger partial charge is 0.166 e. The number of rotatable bonds is 4. The van der Waals surface area contributed by atoms with Crippen molar-refractivity contribution >= 4 is 28.2 Å². The minimum Gasteiger partial charge on any atom is -0.505 e. The summed E-state index contributed by atoms with van der Waals surface area (Å²) < 4.78 is 18.9. The molecular weight excluding hydrogens is 319 g/mol. The Balaban J connectivity index is 1.90. The predicted octanol–water partition coefficient (Wildman–Crippen LogP) is 4.35. The van der Waals surface area contributed by atoms with Crippen LogP contribution in [-0.2, 0) is 6.54 Å². The molecule has 0 aliphatic rings. The Morgan fingerprint density at radius 1 is 1.30 bits per heavy atom. The van der Waals surface area contributed by atoms with E-state index in [0.717, 1.165) is 22.7 Å². The van der Waals surface area contributed by atoms with Crippen LogP contribution in [0.4, 0.5) is 10.1 Å². The van der Waals surface area contributed by atoms with Crippen molar-refractivity contribution in [3.63, 3.8) is 0 Å². The van der Waals surface area contributed by atoms with Crippen molar-refractivity contribution in [2.24, 2.45) is 0 Å². The fraction of sp³-hybridized carbons (Fsp3) is 0.118. The van der Waals surface area contributed by atoms with Gasteiger partial charge in [-0.25, -0.2) is 4.39 Å². The van der Waals surface area contributed by atoms with Crippen LogP contribution in [0, 0.1) is 5.82 Å². The molecule has 0 bridgehead atoms. The van der Waals surface area contributed by atoms with Gasteiger partial charge in [0.1, 0.15) is 11.3 Å². The molecule has 0 unspecified atom stereocenters. The summed E-state index contributed by atoms with van der Waals surface area (Å²) in [7, 11) is 1.57. The first-order chi connectivity index (χ1) is 11.1. The van der Waals surface area contributed by atoms with Crippen molar-refractivity contribution < 1.29 is 14.2 Å². The van der Waals surface area contributed by atoms with Gasteiger partial charge in [0.2, 0.25) is 0 Å². The van der Waals surface area contributed by atoms with Crippen molar-refractivity contribution in [1.82, 2.24) is 4.98 Å². The van der Waals surface area contributed by atoms with Gasteiger partial charge in [-0.05, 0) is 24.3 Å². The molecule has 1 aromatic heterocycles. The number of phenolic OH excluding ortho intramolecular Hbond substituents is 1. The number of aromatic hydroxyl groups is 1.